The fourth-order valence-corrected chi connectivity index (χ4v) is 3.23. The third-order valence-electron chi connectivity index (χ3n) is 4.46. The molecular formula is C22H17ClN4O. The number of fused-ring (bicyclic) bond motifs is 1. The number of aromatic nitrogens is 2. The van der Waals surface area contributed by atoms with Gasteiger partial charge in [-0.3, -0.25) is 9.78 Å². The standard InChI is InChI=1S/C22H17ClN4O/c23-16-5-7-17(8-6-16)27-22-19-4-2-1-3-18(19)15(13-26-22)11-14-9-10-25-20(12-14)21(24)28/h1-10,12-13H,11H2,(H2,24,28)(H,26,27). The number of hydrogen-bond acceptors (Lipinski definition) is 4. The zero-order valence-corrected chi connectivity index (χ0v) is 15.6. The van der Waals surface area contributed by atoms with E-state index >= 15 is 0 Å². The number of halogens is 1. The Balaban J connectivity index is 1.70. The molecule has 0 saturated carbocycles. The molecule has 0 bridgehead atoms. The summed E-state index contributed by atoms with van der Waals surface area (Å²) in [5, 5.41) is 6.14. The van der Waals surface area contributed by atoms with Crippen LogP contribution < -0.4 is 11.1 Å². The highest BCUT2D eigenvalue weighted by atomic mass is 35.5. The first kappa shape index (κ1) is 17.9. The second-order valence-electron chi connectivity index (χ2n) is 6.40. The maximum Gasteiger partial charge on any atom is 0.267 e. The smallest absolute Gasteiger partial charge is 0.267 e. The molecule has 138 valence electrons. The van der Waals surface area contributed by atoms with Crippen LogP contribution in [0, 0.1) is 0 Å². The van der Waals surface area contributed by atoms with Gasteiger partial charge in [0.1, 0.15) is 11.5 Å². The molecule has 0 radical (unpaired) electrons. The Kier molecular flexibility index (Phi) is 4.91. The SMILES string of the molecule is NC(=O)c1cc(Cc2cnc(Nc3ccc(Cl)cc3)c3ccccc23)ccn1. The lowest BCUT2D eigenvalue weighted by molar-refractivity contribution is 0.0995. The molecule has 0 aliphatic carbocycles. The summed E-state index contributed by atoms with van der Waals surface area (Å²) in [4.78, 5) is 20.0. The largest absolute Gasteiger partial charge is 0.364 e. The van der Waals surface area contributed by atoms with Crippen LogP contribution in [-0.4, -0.2) is 15.9 Å². The molecule has 2 heterocycles. The predicted molar refractivity (Wildman–Crippen MR) is 112 cm³/mol. The highest BCUT2D eigenvalue weighted by Gasteiger charge is 2.10. The van der Waals surface area contributed by atoms with E-state index in [0.29, 0.717) is 11.4 Å². The van der Waals surface area contributed by atoms with Crippen LogP contribution in [0.15, 0.2) is 73.1 Å². The average Bonchev–Trinajstić information content (AvgIpc) is 2.71. The van der Waals surface area contributed by atoms with Gasteiger partial charge in [0.2, 0.25) is 0 Å². The lowest BCUT2D eigenvalue weighted by Crippen LogP contribution is -2.13. The van der Waals surface area contributed by atoms with Crippen LogP contribution in [0.4, 0.5) is 11.5 Å². The molecule has 5 nitrogen and oxygen atoms in total. The van der Waals surface area contributed by atoms with Crippen molar-refractivity contribution in [2.75, 3.05) is 5.32 Å². The summed E-state index contributed by atoms with van der Waals surface area (Å²) in [5.41, 5.74) is 8.52. The number of nitrogens with zero attached hydrogens (tertiary/aromatic N) is 2. The Hall–Kier alpha value is -3.44. The van der Waals surface area contributed by atoms with E-state index < -0.39 is 5.91 Å². The van der Waals surface area contributed by atoms with Gasteiger partial charge >= 0.3 is 0 Å². The van der Waals surface area contributed by atoms with Gasteiger partial charge in [0.05, 0.1) is 0 Å². The van der Waals surface area contributed by atoms with E-state index in [1.54, 1.807) is 12.3 Å². The second kappa shape index (κ2) is 7.66. The van der Waals surface area contributed by atoms with Gasteiger partial charge in [-0.2, -0.15) is 0 Å². The molecule has 4 rings (SSSR count). The first-order valence-electron chi connectivity index (χ1n) is 8.74. The van der Waals surface area contributed by atoms with Crippen molar-refractivity contribution in [3.05, 3.63) is 94.9 Å². The minimum Gasteiger partial charge on any atom is -0.364 e. The average molecular weight is 389 g/mol. The molecule has 1 amide bonds. The van der Waals surface area contributed by atoms with E-state index in [-0.39, 0.29) is 5.69 Å². The van der Waals surface area contributed by atoms with Crippen LogP contribution in [0.5, 0.6) is 0 Å². The minimum atomic E-state index is -0.535. The molecule has 2 aromatic carbocycles. The van der Waals surface area contributed by atoms with E-state index in [2.05, 4.69) is 21.4 Å². The highest BCUT2D eigenvalue weighted by Crippen LogP contribution is 2.28. The van der Waals surface area contributed by atoms with Crippen molar-refractivity contribution >= 4 is 39.8 Å². The maximum atomic E-state index is 11.4. The summed E-state index contributed by atoms with van der Waals surface area (Å²) in [5.74, 6) is 0.238. The summed E-state index contributed by atoms with van der Waals surface area (Å²) < 4.78 is 0. The van der Waals surface area contributed by atoms with Gasteiger partial charge in [-0.05, 0) is 59.3 Å². The molecule has 0 spiro atoms. The summed E-state index contributed by atoms with van der Waals surface area (Å²) in [6.07, 6.45) is 4.07. The van der Waals surface area contributed by atoms with E-state index in [0.717, 1.165) is 33.4 Å². The van der Waals surface area contributed by atoms with E-state index in [9.17, 15) is 4.79 Å². The van der Waals surface area contributed by atoms with Crippen LogP contribution in [0.25, 0.3) is 10.8 Å². The van der Waals surface area contributed by atoms with Gasteiger partial charge in [-0.1, -0.05) is 35.9 Å². The molecule has 28 heavy (non-hydrogen) atoms. The van der Waals surface area contributed by atoms with Crippen LogP contribution in [0.2, 0.25) is 5.02 Å². The number of carbonyl (C=O) groups is 1. The maximum absolute atomic E-state index is 11.4. The molecule has 3 N–H and O–H groups in total. The Morgan fingerprint density at radius 3 is 2.50 bits per heavy atom. The van der Waals surface area contributed by atoms with E-state index in [1.807, 2.05) is 54.7 Å². The van der Waals surface area contributed by atoms with Gasteiger partial charge in [-0.25, -0.2) is 4.98 Å². The number of carbonyl (C=O) groups excluding carboxylic acids is 1. The summed E-state index contributed by atoms with van der Waals surface area (Å²) in [6, 6.07) is 19.2. The van der Waals surface area contributed by atoms with Gasteiger partial charge in [-0.15, -0.1) is 0 Å². The topological polar surface area (TPSA) is 80.9 Å². The van der Waals surface area contributed by atoms with Gasteiger partial charge in [0, 0.05) is 28.5 Å². The zero-order chi connectivity index (χ0) is 19.5. The fraction of sp³-hybridized carbons (Fsp3) is 0.0455. The molecule has 2 aromatic heterocycles. The van der Waals surface area contributed by atoms with Crippen LogP contribution >= 0.6 is 11.6 Å². The quantitative estimate of drug-likeness (QED) is 0.518. The molecule has 0 unspecified atom stereocenters. The molecule has 4 aromatic rings. The number of anilines is 2. The van der Waals surface area contributed by atoms with Crippen LogP contribution in [0.3, 0.4) is 0 Å². The number of nitrogens with two attached hydrogens (primary N) is 1. The zero-order valence-electron chi connectivity index (χ0n) is 14.9. The Morgan fingerprint density at radius 1 is 1.00 bits per heavy atom. The number of pyridine rings is 2. The third-order valence-corrected chi connectivity index (χ3v) is 4.71. The Bertz CT molecular complexity index is 1160. The predicted octanol–water partition coefficient (Wildman–Crippen LogP) is 4.72. The molecule has 0 aliphatic rings. The molecule has 0 atom stereocenters. The number of rotatable bonds is 5. The number of benzene rings is 2. The van der Waals surface area contributed by atoms with Crippen molar-refractivity contribution in [3.63, 3.8) is 0 Å². The van der Waals surface area contributed by atoms with Gasteiger partial charge < -0.3 is 11.1 Å². The summed E-state index contributed by atoms with van der Waals surface area (Å²) in [7, 11) is 0. The lowest BCUT2D eigenvalue weighted by atomic mass is 10.0. The molecule has 6 heteroatoms. The van der Waals surface area contributed by atoms with Crippen molar-refractivity contribution in [3.8, 4) is 0 Å². The number of primary amides is 1. The Labute approximate surface area is 167 Å². The monoisotopic (exact) mass is 388 g/mol. The summed E-state index contributed by atoms with van der Waals surface area (Å²) in [6.45, 7) is 0. The van der Waals surface area contributed by atoms with Gasteiger partial charge in [0.15, 0.2) is 0 Å². The van der Waals surface area contributed by atoms with Crippen molar-refractivity contribution in [1.29, 1.82) is 0 Å². The molecule has 0 fully saturated rings. The van der Waals surface area contributed by atoms with Crippen molar-refractivity contribution in [1.82, 2.24) is 9.97 Å². The van der Waals surface area contributed by atoms with Crippen molar-refractivity contribution in [2.45, 2.75) is 6.42 Å². The van der Waals surface area contributed by atoms with E-state index in [4.69, 9.17) is 17.3 Å². The first-order chi connectivity index (χ1) is 13.6. The Morgan fingerprint density at radius 2 is 1.75 bits per heavy atom. The van der Waals surface area contributed by atoms with Crippen molar-refractivity contribution in [2.24, 2.45) is 5.73 Å². The first-order valence-corrected chi connectivity index (χ1v) is 9.12. The summed E-state index contributed by atoms with van der Waals surface area (Å²) >= 11 is 5.96. The third kappa shape index (κ3) is 3.80. The van der Waals surface area contributed by atoms with Gasteiger partial charge in [0.25, 0.3) is 5.91 Å². The van der Waals surface area contributed by atoms with Crippen LogP contribution in [-0.2, 0) is 6.42 Å². The number of nitrogens with one attached hydrogen (secondary N) is 1. The molecule has 0 aliphatic heterocycles. The highest BCUT2D eigenvalue weighted by molar-refractivity contribution is 6.30. The normalized spacial score (nSPS) is 10.8. The van der Waals surface area contributed by atoms with Crippen LogP contribution in [0.1, 0.15) is 21.6 Å². The molecule has 0 saturated heterocycles. The van der Waals surface area contributed by atoms with Crippen molar-refractivity contribution < 1.29 is 4.79 Å². The molecular weight excluding hydrogens is 372 g/mol. The minimum absolute atomic E-state index is 0.260. The number of amides is 1. The lowest BCUT2D eigenvalue weighted by Gasteiger charge is -2.12. The fourth-order valence-electron chi connectivity index (χ4n) is 3.10. The van der Waals surface area contributed by atoms with E-state index in [1.165, 1.54) is 0 Å². The second-order valence-corrected chi connectivity index (χ2v) is 6.84. The number of hydrogen-bond donors (Lipinski definition) is 2.